The minimum absolute atomic E-state index is 0.112. The van der Waals surface area contributed by atoms with Crippen LogP contribution in [0.15, 0.2) is 42.7 Å². The first-order valence-electron chi connectivity index (χ1n) is 10.5. The van der Waals surface area contributed by atoms with Crippen LogP contribution < -0.4 is 15.5 Å². The summed E-state index contributed by atoms with van der Waals surface area (Å²) in [6, 6.07) is 9.52. The Bertz CT molecular complexity index is 1070. The van der Waals surface area contributed by atoms with Crippen molar-refractivity contribution in [1.29, 1.82) is 0 Å². The van der Waals surface area contributed by atoms with Gasteiger partial charge in [-0.1, -0.05) is 29.8 Å². The third-order valence-corrected chi connectivity index (χ3v) is 5.65. The number of fused-ring (bicyclic) bond motifs is 1. The fourth-order valence-corrected chi connectivity index (χ4v) is 3.83. The maximum Gasteiger partial charge on any atom is 0.407 e. The highest BCUT2D eigenvalue weighted by molar-refractivity contribution is 6.31. The van der Waals surface area contributed by atoms with E-state index in [0.717, 1.165) is 22.3 Å². The van der Waals surface area contributed by atoms with E-state index in [2.05, 4.69) is 30.5 Å². The number of carbonyl (C=O) groups excluding carboxylic acids is 1. The molecule has 1 aliphatic rings. The predicted molar refractivity (Wildman–Crippen MR) is 123 cm³/mol. The Hall–Kier alpha value is -3.17. The van der Waals surface area contributed by atoms with Crippen molar-refractivity contribution in [2.24, 2.45) is 0 Å². The molecule has 3 N–H and O–H groups in total. The Labute approximate surface area is 190 Å². The van der Waals surface area contributed by atoms with Crippen LogP contribution in [0.25, 0.3) is 10.9 Å². The molecule has 32 heavy (non-hydrogen) atoms. The lowest BCUT2D eigenvalue weighted by atomic mass is 10.1. The molecule has 10 heteroatoms. The van der Waals surface area contributed by atoms with Crippen LogP contribution in [0, 0.1) is 0 Å². The summed E-state index contributed by atoms with van der Waals surface area (Å²) < 4.78 is 5.40. The van der Waals surface area contributed by atoms with E-state index in [-0.39, 0.29) is 19.3 Å². The summed E-state index contributed by atoms with van der Waals surface area (Å²) in [6.07, 6.45) is 4.27. The molecule has 0 bridgehead atoms. The number of pyridine rings is 1. The van der Waals surface area contributed by atoms with Crippen LogP contribution in [0.1, 0.15) is 18.4 Å². The lowest BCUT2D eigenvalue weighted by molar-refractivity contribution is 0.0819. The van der Waals surface area contributed by atoms with E-state index in [1.165, 1.54) is 0 Å². The summed E-state index contributed by atoms with van der Waals surface area (Å²) in [5.41, 5.74) is 1.77. The summed E-state index contributed by atoms with van der Waals surface area (Å²) in [5.74, 6) is 1.35. The number of aliphatic hydroxyl groups is 1. The zero-order valence-corrected chi connectivity index (χ0v) is 18.3. The van der Waals surface area contributed by atoms with Crippen molar-refractivity contribution in [3.63, 3.8) is 0 Å². The van der Waals surface area contributed by atoms with Crippen molar-refractivity contribution in [3.05, 3.63) is 53.3 Å². The number of ether oxygens (including phenoxy) is 1. The highest BCUT2D eigenvalue weighted by atomic mass is 35.5. The van der Waals surface area contributed by atoms with Crippen LogP contribution in [0.2, 0.25) is 5.02 Å². The number of rotatable bonds is 7. The number of anilines is 2. The average molecular weight is 457 g/mol. The minimum Gasteiger partial charge on any atom is -0.446 e. The molecular weight excluding hydrogens is 432 g/mol. The smallest absolute Gasteiger partial charge is 0.407 e. The number of nitrogens with zero attached hydrogens (tertiary/aromatic N) is 4. The molecule has 1 fully saturated rings. The summed E-state index contributed by atoms with van der Waals surface area (Å²) >= 11 is 6.22. The topological polar surface area (TPSA) is 112 Å². The van der Waals surface area contributed by atoms with Crippen LogP contribution in [-0.2, 0) is 11.3 Å². The molecular formula is C22H25ClN6O3. The van der Waals surface area contributed by atoms with E-state index in [4.69, 9.17) is 21.4 Å². The number of piperidine rings is 1. The van der Waals surface area contributed by atoms with Gasteiger partial charge in [0.05, 0.1) is 17.5 Å². The molecule has 1 aromatic carbocycles. The highest BCUT2D eigenvalue weighted by Crippen LogP contribution is 2.27. The van der Waals surface area contributed by atoms with Crippen LogP contribution in [0.4, 0.5) is 16.6 Å². The number of halogens is 1. The standard InChI is InChI=1S/C22H25ClN6O3/c23-18-4-2-1-3-15(18)13-26-21-27-14-17-19(28-21)5-8-24-20(17)29-10-6-16(7-11-29)32-22(31)25-9-12-30/h1-5,8,14,16,30H,6-7,9-13H2,(H,25,31)(H,26,27,28). The van der Waals surface area contributed by atoms with E-state index in [0.29, 0.717) is 43.4 Å². The molecule has 0 unspecified atom stereocenters. The molecule has 0 aliphatic carbocycles. The van der Waals surface area contributed by atoms with Gasteiger partial charge < -0.3 is 25.4 Å². The second kappa shape index (κ2) is 10.4. The summed E-state index contributed by atoms with van der Waals surface area (Å²) in [6.45, 7) is 2.02. The Morgan fingerprint density at radius 3 is 2.81 bits per heavy atom. The number of benzene rings is 1. The minimum atomic E-state index is -0.494. The molecule has 168 valence electrons. The lowest BCUT2D eigenvalue weighted by Crippen LogP contribution is -2.40. The molecule has 9 nitrogen and oxygen atoms in total. The summed E-state index contributed by atoms with van der Waals surface area (Å²) in [5, 5.41) is 16.1. The summed E-state index contributed by atoms with van der Waals surface area (Å²) in [4.78, 5) is 27.5. The van der Waals surface area contributed by atoms with E-state index in [9.17, 15) is 4.79 Å². The molecule has 1 amide bonds. The Morgan fingerprint density at radius 1 is 1.22 bits per heavy atom. The van der Waals surface area contributed by atoms with Crippen molar-refractivity contribution in [2.75, 3.05) is 36.5 Å². The monoisotopic (exact) mass is 456 g/mol. The van der Waals surface area contributed by atoms with Gasteiger partial charge in [-0.3, -0.25) is 0 Å². The molecule has 0 atom stereocenters. The van der Waals surface area contributed by atoms with Gasteiger partial charge in [-0.2, -0.15) is 0 Å². The predicted octanol–water partition coefficient (Wildman–Crippen LogP) is 2.98. The third kappa shape index (κ3) is 5.35. The quantitative estimate of drug-likeness (QED) is 0.497. The van der Waals surface area contributed by atoms with Crippen LogP contribution in [-0.4, -0.2) is 58.5 Å². The number of nitrogens with one attached hydrogen (secondary N) is 2. The van der Waals surface area contributed by atoms with Gasteiger partial charge in [0.25, 0.3) is 0 Å². The molecule has 3 aromatic rings. The van der Waals surface area contributed by atoms with Gasteiger partial charge in [-0.15, -0.1) is 0 Å². The van der Waals surface area contributed by atoms with Gasteiger partial charge in [-0.25, -0.2) is 19.7 Å². The van der Waals surface area contributed by atoms with E-state index >= 15 is 0 Å². The Kier molecular flexibility index (Phi) is 7.18. The fraction of sp³-hybridized carbons (Fsp3) is 0.364. The second-order valence-electron chi connectivity index (χ2n) is 7.45. The van der Waals surface area contributed by atoms with Crippen LogP contribution in [0.3, 0.4) is 0 Å². The normalized spacial score (nSPS) is 14.4. The number of alkyl carbamates (subject to hydrolysis) is 1. The van der Waals surface area contributed by atoms with E-state index in [1.807, 2.05) is 30.3 Å². The third-order valence-electron chi connectivity index (χ3n) is 5.28. The first kappa shape index (κ1) is 22.0. The van der Waals surface area contributed by atoms with Gasteiger partial charge in [-0.05, 0) is 17.7 Å². The average Bonchev–Trinajstić information content (AvgIpc) is 2.82. The maximum atomic E-state index is 11.7. The Morgan fingerprint density at radius 2 is 2.03 bits per heavy atom. The second-order valence-corrected chi connectivity index (χ2v) is 7.86. The van der Waals surface area contributed by atoms with Gasteiger partial charge >= 0.3 is 6.09 Å². The van der Waals surface area contributed by atoms with Gasteiger partial charge in [0, 0.05) is 56.4 Å². The molecule has 3 heterocycles. The van der Waals surface area contributed by atoms with Gasteiger partial charge in [0.2, 0.25) is 5.95 Å². The fourth-order valence-electron chi connectivity index (χ4n) is 3.63. The largest absolute Gasteiger partial charge is 0.446 e. The number of aliphatic hydroxyl groups excluding tert-OH is 1. The van der Waals surface area contributed by atoms with Crippen molar-refractivity contribution >= 4 is 40.4 Å². The molecule has 2 aromatic heterocycles. The number of hydrogen-bond acceptors (Lipinski definition) is 8. The number of carbonyl (C=O) groups is 1. The first-order chi connectivity index (χ1) is 15.6. The SMILES string of the molecule is O=C(NCCO)OC1CCN(c2nccc3nc(NCc4ccccc4Cl)ncc23)CC1. The van der Waals surface area contributed by atoms with Crippen LogP contribution >= 0.6 is 11.6 Å². The van der Waals surface area contributed by atoms with Crippen molar-refractivity contribution in [3.8, 4) is 0 Å². The van der Waals surface area contributed by atoms with Crippen molar-refractivity contribution < 1.29 is 14.6 Å². The highest BCUT2D eigenvalue weighted by Gasteiger charge is 2.24. The van der Waals surface area contributed by atoms with Crippen LogP contribution in [0.5, 0.6) is 0 Å². The maximum absolute atomic E-state index is 11.7. The number of hydrogen-bond donors (Lipinski definition) is 3. The van der Waals surface area contributed by atoms with E-state index in [1.54, 1.807) is 12.4 Å². The van der Waals surface area contributed by atoms with Crippen molar-refractivity contribution in [2.45, 2.75) is 25.5 Å². The summed E-state index contributed by atoms with van der Waals surface area (Å²) in [7, 11) is 0. The molecule has 0 spiro atoms. The van der Waals surface area contributed by atoms with E-state index < -0.39 is 6.09 Å². The van der Waals surface area contributed by atoms with Crippen molar-refractivity contribution in [1.82, 2.24) is 20.3 Å². The van der Waals surface area contributed by atoms with Gasteiger partial charge in [0.1, 0.15) is 11.9 Å². The molecule has 0 saturated carbocycles. The molecule has 1 aliphatic heterocycles. The zero-order valence-electron chi connectivity index (χ0n) is 17.5. The van der Waals surface area contributed by atoms with Gasteiger partial charge in [0.15, 0.2) is 0 Å². The number of amides is 1. The number of aromatic nitrogens is 3. The molecule has 4 rings (SSSR count). The molecule has 0 radical (unpaired) electrons. The Balaban J connectivity index is 1.40. The molecule has 1 saturated heterocycles. The first-order valence-corrected chi connectivity index (χ1v) is 10.9. The zero-order chi connectivity index (χ0) is 22.3. The lowest BCUT2D eigenvalue weighted by Gasteiger charge is -2.32.